The van der Waals surface area contributed by atoms with Crippen LogP contribution in [0.4, 0.5) is 0 Å². The van der Waals surface area contributed by atoms with Gasteiger partial charge in [0.25, 0.3) is 0 Å². The van der Waals surface area contributed by atoms with Gasteiger partial charge in [0.05, 0.1) is 37.6 Å². The van der Waals surface area contributed by atoms with Crippen molar-refractivity contribution in [2.24, 2.45) is 0 Å². The lowest BCUT2D eigenvalue weighted by molar-refractivity contribution is 0.0469. The number of rotatable bonds is 4. The fourth-order valence-corrected chi connectivity index (χ4v) is 12.0. The highest BCUT2D eigenvalue weighted by Crippen LogP contribution is 2.43. The molecule has 0 unspecified atom stereocenters. The predicted octanol–water partition coefficient (Wildman–Crippen LogP) is 17.0. The van der Waals surface area contributed by atoms with Crippen molar-refractivity contribution in [1.29, 1.82) is 0 Å². The molecular formula is C70H76O12Si2. The standard InChI is InChI=1S/C21H26O3Si.C21H28O2Si.C14H10O4.C14H12O3/c1-14-7-9-17-15(11-14)13-23-20(22)19-12-16(8-10-18(17)19)24-25(5,6)21(2,3)4;1-15-7-9-19-16(11-15)13-22-14-17-12-18(8-10-20(17)19)23-24(5,6)21(2,3)4;15-9-1-3-11-8(5-9)7-18-14(17)13-6-10(16)2-4-12(11)13;15-11-1-3-13-9(5-11)7-17-8-10-6-12(16)2-4-14(10)13/h7-12H,13H2,1-6H3;7-12H,13-14H2,1-6H3;1-6,15-16H,7H2;1-6,15-16H,7-8H2. The Morgan fingerprint density at radius 3 is 1.05 bits per heavy atom. The van der Waals surface area contributed by atoms with E-state index in [9.17, 15) is 30.0 Å². The van der Waals surface area contributed by atoms with Crippen molar-refractivity contribution in [3.63, 3.8) is 0 Å². The molecule has 14 heteroatoms. The van der Waals surface area contributed by atoms with Gasteiger partial charge in [0.15, 0.2) is 0 Å². The minimum absolute atomic E-state index is 0.0212. The average Bonchev–Trinajstić information content (AvgIpc) is 4.02. The molecule has 0 saturated heterocycles. The SMILES string of the molecule is Cc1ccc2c(c1)COC(=O)c1cc(O[Si](C)(C)C(C)(C)C)ccc1-2.Cc1ccc2c(c1)COCc1cc(O[Si](C)(C)C(C)(C)C)ccc1-2.O=C1OCc2cc(O)ccc2-c2ccc(O)cc21.Oc1ccc2c(c1)COCc1cc(O)ccc1-2. The summed E-state index contributed by atoms with van der Waals surface area (Å²) >= 11 is 0. The van der Waals surface area contributed by atoms with Crippen molar-refractivity contribution in [2.45, 2.75) is 131 Å². The first-order valence-corrected chi connectivity index (χ1v) is 34.1. The highest BCUT2D eigenvalue weighted by molar-refractivity contribution is 6.75. The molecule has 0 saturated carbocycles. The molecule has 0 fully saturated rings. The fourth-order valence-electron chi connectivity index (χ4n) is 9.92. The van der Waals surface area contributed by atoms with Gasteiger partial charge in [0, 0.05) is 5.56 Å². The number of hydrogen-bond donors (Lipinski definition) is 4. The van der Waals surface area contributed by atoms with Crippen molar-refractivity contribution < 1.29 is 57.8 Å². The third kappa shape index (κ3) is 13.6. The van der Waals surface area contributed by atoms with E-state index in [0.717, 1.165) is 67.1 Å². The predicted molar refractivity (Wildman–Crippen MR) is 335 cm³/mol. The molecule has 4 aliphatic rings. The molecule has 436 valence electrons. The minimum Gasteiger partial charge on any atom is -0.543 e. The number of carbonyl (C=O) groups excluding carboxylic acids is 2. The molecule has 0 bridgehead atoms. The molecule has 0 atom stereocenters. The number of aryl methyl sites for hydroxylation is 2. The lowest BCUT2D eigenvalue weighted by Gasteiger charge is -2.36. The molecule has 12 nitrogen and oxygen atoms in total. The highest BCUT2D eigenvalue weighted by atomic mass is 28.4. The van der Waals surface area contributed by atoms with Crippen molar-refractivity contribution in [3.05, 3.63) is 201 Å². The Kier molecular flexibility index (Phi) is 17.4. The van der Waals surface area contributed by atoms with Crippen molar-refractivity contribution in [3.8, 4) is 79.0 Å². The van der Waals surface area contributed by atoms with Gasteiger partial charge in [-0.2, -0.15) is 0 Å². The number of aromatic hydroxyl groups is 4. The van der Waals surface area contributed by atoms with E-state index in [2.05, 4.69) is 129 Å². The normalized spacial score (nSPS) is 14.0. The molecule has 0 spiro atoms. The van der Waals surface area contributed by atoms with E-state index in [4.69, 9.17) is 27.8 Å². The van der Waals surface area contributed by atoms with E-state index in [1.807, 2.05) is 37.3 Å². The summed E-state index contributed by atoms with van der Waals surface area (Å²) in [6.07, 6.45) is 0. The van der Waals surface area contributed by atoms with E-state index in [-0.39, 0.29) is 45.7 Å². The van der Waals surface area contributed by atoms with Crippen LogP contribution >= 0.6 is 0 Å². The van der Waals surface area contributed by atoms with Crippen LogP contribution in [0.15, 0.2) is 146 Å². The van der Waals surface area contributed by atoms with Gasteiger partial charge in [-0.15, -0.1) is 0 Å². The molecule has 0 radical (unpaired) electrons. The summed E-state index contributed by atoms with van der Waals surface area (Å²) in [4.78, 5) is 24.3. The number of hydrogen-bond acceptors (Lipinski definition) is 12. The number of carbonyl (C=O) groups is 2. The Labute approximate surface area is 495 Å². The lowest BCUT2D eigenvalue weighted by atomic mass is 9.95. The number of phenols is 4. The Morgan fingerprint density at radius 1 is 0.345 bits per heavy atom. The third-order valence-electron chi connectivity index (χ3n) is 16.6. The van der Waals surface area contributed by atoms with Crippen LogP contribution in [0.5, 0.6) is 34.5 Å². The largest absolute Gasteiger partial charge is 0.543 e. The van der Waals surface area contributed by atoms with E-state index in [0.29, 0.717) is 49.7 Å². The lowest BCUT2D eigenvalue weighted by Crippen LogP contribution is -2.43. The molecule has 4 aliphatic heterocycles. The van der Waals surface area contributed by atoms with E-state index >= 15 is 0 Å². The maximum Gasteiger partial charge on any atom is 0.339 e. The second kappa shape index (κ2) is 24.2. The monoisotopic (exact) mass is 1160 g/mol. The smallest absolute Gasteiger partial charge is 0.339 e. The summed E-state index contributed by atoms with van der Waals surface area (Å²) in [7, 11) is -3.78. The van der Waals surface area contributed by atoms with E-state index < -0.39 is 22.6 Å². The number of cyclic esters (lactones) is 2. The number of ether oxygens (including phenoxy) is 4. The van der Waals surface area contributed by atoms with Gasteiger partial charge in [0.2, 0.25) is 16.6 Å². The molecule has 8 aromatic carbocycles. The summed E-state index contributed by atoms with van der Waals surface area (Å²) < 4.78 is 34.9. The summed E-state index contributed by atoms with van der Waals surface area (Å²) in [5.41, 5.74) is 17.7. The van der Waals surface area contributed by atoms with E-state index in [1.165, 1.54) is 39.9 Å². The molecule has 12 rings (SSSR count). The van der Waals surface area contributed by atoms with Crippen LogP contribution in [0.25, 0.3) is 44.5 Å². The molecule has 8 aromatic rings. The first kappa shape index (κ1) is 60.4. The molecule has 84 heavy (non-hydrogen) atoms. The van der Waals surface area contributed by atoms with Gasteiger partial charge in [-0.3, -0.25) is 0 Å². The Balaban J connectivity index is 0.000000136. The topological polar surface area (TPSA) is 170 Å². The average molecular weight is 1170 g/mol. The Bertz CT molecular complexity index is 3740. The van der Waals surface area contributed by atoms with Crippen molar-refractivity contribution >= 4 is 28.6 Å². The van der Waals surface area contributed by atoms with Gasteiger partial charge < -0.3 is 48.2 Å². The zero-order chi connectivity index (χ0) is 60.5. The Hall–Kier alpha value is -8.15. The van der Waals surface area contributed by atoms with Gasteiger partial charge in [-0.05, 0) is 207 Å². The van der Waals surface area contributed by atoms with E-state index in [1.54, 1.807) is 48.5 Å². The van der Waals surface area contributed by atoms with Gasteiger partial charge in [-0.1, -0.05) is 113 Å². The Morgan fingerprint density at radius 2 is 0.631 bits per heavy atom. The van der Waals surface area contributed by atoms with Crippen LogP contribution < -0.4 is 8.85 Å². The maximum atomic E-state index is 12.5. The first-order chi connectivity index (χ1) is 39.6. The second-order valence-electron chi connectivity index (χ2n) is 25.0. The summed E-state index contributed by atoms with van der Waals surface area (Å²) in [6.45, 7) is 29.2. The first-order valence-electron chi connectivity index (χ1n) is 28.3. The highest BCUT2D eigenvalue weighted by Gasteiger charge is 2.40. The van der Waals surface area contributed by atoms with Gasteiger partial charge in [0.1, 0.15) is 47.7 Å². The van der Waals surface area contributed by atoms with Crippen LogP contribution in [-0.2, 0) is 58.6 Å². The summed E-state index contributed by atoms with van der Waals surface area (Å²) in [5.74, 6) is 1.60. The number of fused-ring (bicyclic) bond motifs is 12. The summed E-state index contributed by atoms with van der Waals surface area (Å²) in [6, 6.07) is 45.1. The zero-order valence-corrected chi connectivity index (χ0v) is 52.2. The van der Waals surface area contributed by atoms with Crippen molar-refractivity contribution in [1.82, 2.24) is 0 Å². The maximum absolute atomic E-state index is 12.5. The van der Waals surface area contributed by atoms with Crippen LogP contribution in [-0.4, -0.2) is 49.0 Å². The van der Waals surface area contributed by atoms with Crippen LogP contribution in [0.2, 0.25) is 36.3 Å². The quantitative estimate of drug-likeness (QED) is 0.0973. The third-order valence-corrected chi connectivity index (χ3v) is 25.3. The summed E-state index contributed by atoms with van der Waals surface area (Å²) in [5, 5.41) is 38.1. The molecule has 4 heterocycles. The van der Waals surface area contributed by atoms with Crippen molar-refractivity contribution in [2.75, 3.05) is 0 Å². The number of esters is 2. The molecule has 0 aliphatic carbocycles. The molecule has 0 amide bonds. The van der Waals surface area contributed by atoms with Crippen LogP contribution in [0, 0.1) is 13.8 Å². The number of phenolic OH excluding ortho intramolecular Hbond substituents is 4. The van der Waals surface area contributed by atoms with Gasteiger partial charge >= 0.3 is 11.9 Å². The zero-order valence-electron chi connectivity index (χ0n) is 50.2. The number of benzene rings is 8. The fraction of sp³-hybridized carbons (Fsp3) is 0.286. The van der Waals surface area contributed by atoms with Crippen LogP contribution in [0.1, 0.15) is 107 Å². The van der Waals surface area contributed by atoms with Gasteiger partial charge in [-0.25, -0.2) is 9.59 Å². The minimum atomic E-state index is -1.96. The molecule has 4 N–H and O–H groups in total. The molecule has 0 aromatic heterocycles. The van der Waals surface area contributed by atoms with Crippen LogP contribution in [0.3, 0.4) is 0 Å². The molecular weight excluding hydrogens is 1090 g/mol. The second-order valence-corrected chi connectivity index (χ2v) is 34.4.